The van der Waals surface area contributed by atoms with Crippen LogP contribution in [0.25, 0.3) is 92.4 Å². The molecule has 3 heterocycles. The molecule has 64 heavy (non-hydrogen) atoms. The molecule has 0 aliphatic heterocycles. The fraction of sp³-hybridized carbons (Fsp3) is 0.0492. The Morgan fingerprint density at radius 2 is 1.00 bits per heavy atom. The van der Waals surface area contributed by atoms with Crippen LogP contribution in [-0.2, 0) is 5.41 Å². The highest BCUT2D eigenvalue weighted by atomic mass is 32.1. The molecule has 0 unspecified atom stereocenters. The average molecular weight is 835 g/mol. The molecular formula is C61H42N2S. The first kappa shape index (κ1) is 36.9. The highest BCUT2D eigenvalue weighted by molar-refractivity contribution is 7.21. The SMILES string of the molecule is CC1(C)c2ccccc2-c2cccc(N(c3ccc(-c4cc5c6ccccc6n6c7c(-c8ccccc8)sc(-c8ccccc8)c7c(c4)c56)cc3)c3cccc(-c4ccccc4)c3)c21. The van der Waals surface area contributed by atoms with Gasteiger partial charge in [-0.05, 0) is 104 Å². The minimum atomic E-state index is -0.186. The number of aromatic nitrogens is 1. The van der Waals surface area contributed by atoms with Crippen molar-refractivity contribution in [3.05, 3.63) is 230 Å². The molecule has 1 aliphatic carbocycles. The molecule has 0 radical (unpaired) electrons. The van der Waals surface area contributed by atoms with Crippen molar-refractivity contribution in [3.63, 3.8) is 0 Å². The van der Waals surface area contributed by atoms with Crippen molar-refractivity contribution in [2.45, 2.75) is 19.3 Å². The molecule has 3 heteroatoms. The number of hydrogen-bond acceptors (Lipinski definition) is 2. The van der Waals surface area contributed by atoms with Crippen LogP contribution in [0.4, 0.5) is 17.1 Å². The second-order valence-corrected chi connectivity index (χ2v) is 18.7. The molecule has 12 aromatic rings. The van der Waals surface area contributed by atoms with Crippen molar-refractivity contribution in [1.29, 1.82) is 0 Å². The van der Waals surface area contributed by atoms with Gasteiger partial charge >= 0.3 is 0 Å². The van der Waals surface area contributed by atoms with Gasteiger partial charge in [0, 0.05) is 43.2 Å². The zero-order valence-corrected chi connectivity index (χ0v) is 36.4. The summed E-state index contributed by atoms with van der Waals surface area (Å²) in [5.74, 6) is 0. The minimum Gasteiger partial charge on any atom is -0.310 e. The number of fused-ring (bicyclic) bond motifs is 9. The Bertz CT molecular complexity index is 3730. The summed E-state index contributed by atoms with van der Waals surface area (Å²) in [5.41, 5.74) is 19.7. The van der Waals surface area contributed by atoms with E-state index in [1.165, 1.54) is 109 Å². The summed E-state index contributed by atoms with van der Waals surface area (Å²) in [6.07, 6.45) is 0. The molecule has 302 valence electrons. The molecule has 0 saturated heterocycles. The van der Waals surface area contributed by atoms with Gasteiger partial charge in [-0.3, -0.25) is 0 Å². The van der Waals surface area contributed by atoms with Crippen molar-refractivity contribution in [1.82, 2.24) is 4.40 Å². The number of para-hydroxylation sites is 1. The van der Waals surface area contributed by atoms with Crippen molar-refractivity contribution in [2.75, 3.05) is 4.90 Å². The normalized spacial score (nSPS) is 13.0. The van der Waals surface area contributed by atoms with Crippen molar-refractivity contribution < 1.29 is 0 Å². The summed E-state index contributed by atoms with van der Waals surface area (Å²) in [5, 5.41) is 5.18. The molecule has 0 N–H and O–H groups in total. The summed E-state index contributed by atoms with van der Waals surface area (Å²) < 4.78 is 2.55. The molecule has 0 atom stereocenters. The van der Waals surface area contributed by atoms with E-state index in [1.807, 2.05) is 11.3 Å². The Morgan fingerprint density at radius 1 is 0.406 bits per heavy atom. The first-order chi connectivity index (χ1) is 31.5. The van der Waals surface area contributed by atoms with Gasteiger partial charge in [0.25, 0.3) is 0 Å². The van der Waals surface area contributed by atoms with Crippen LogP contribution in [0, 0.1) is 0 Å². The maximum Gasteiger partial charge on any atom is 0.0734 e. The lowest BCUT2D eigenvalue weighted by molar-refractivity contribution is 0.661. The second-order valence-electron chi connectivity index (χ2n) is 17.7. The van der Waals surface area contributed by atoms with Crippen molar-refractivity contribution >= 4 is 66.5 Å². The smallest absolute Gasteiger partial charge is 0.0734 e. The van der Waals surface area contributed by atoms with Gasteiger partial charge in [-0.1, -0.05) is 184 Å². The van der Waals surface area contributed by atoms with E-state index >= 15 is 0 Å². The van der Waals surface area contributed by atoms with Crippen LogP contribution in [0.3, 0.4) is 0 Å². The number of rotatable bonds is 7. The molecular weight excluding hydrogens is 793 g/mol. The summed E-state index contributed by atoms with van der Waals surface area (Å²) in [6, 6.07) is 80.5. The van der Waals surface area contributed by atoms with Gasteiger partial charge in [-0.2, -0.15) is 0 Å². The zero-order chi connectivity index (χ0) is 42.5. The molecule has 0 saturated carbocycles. The minimum absolute atomic E-state index is 0.186. The van der Waals surface area contributed by atoms with E-state index in [0.29, 0.717) is 0 Å². The van der Waals surface area contributed by atoms with E-state index in [-0.39, 0.29) is 5.41 Å². The Kier molecular flexibility index (Phi) is 8.16. The van der Waals surface area contributed by atoms with Crippen LogP contribution >= 0.6 is 11.3 Å². The molecule has 1 aliphatic rings. The van der Waals surface area contributed by atoms with Crippen LogP contribution in [0.1, 0.15) is 25.0 Å². The van der Waals surface area contributed by atoms with Crippen LogP contribution in [-0.4, -0.2) is 4.40 Å². The fourth-order valence-electron chi connectivity index (χ4n) is 10.8. The van der Waals surface area contributed by atoms with Gasteiger partial charge in [0.2, 0.25) is 0 Å². The lowest BCUT2D eigenvalue weighted by Gasteiger charge is -2.32. The van der Waals surface area contributed by atoms with Crippen molar-refractivity contribution in [3.8, 4) is 54.3 Å². The van der Waals surface area contributed by atoms with E-state index < -0.39 is 0 Å². The van der Waals surface area contributed by atoms with E-state index in [2.05, 4.69) is 242 Å². The Balaban J connectivity index is 1.02. The summed E-state index contributed by atoms with van der Waals surface area (Å²) >= 11 is 1.91. The third-order valence-corrected chi connectivity index (χ3v) is 15.0. The Morgan fingerprint density at radius 3 is 1.77 bits per heavy atom. The predicted molar refractivity (Wildman–Crippen MR) is 273 cm³/mol. The molecule has 0 amide bonds. The Labute approximate surface area is 376 Å². The van der Waals surface area contributed by atoms with Gasteiger partial charge in [0.1, 0.15) is 0 Å². The van der Waals surface area contributed by atoms with Crippen molar-refractivity contribution in [2.24, 2.45) is 0 Å². The van der Waals surface area contributed by atoms with E-state index in [9.17, 15) is 0 Å². The second kappa shape index (κ2) is 14.2. The summed E-state index contributed by atoms with van der Waals surface area (Å²) in [7, 11) is 0. The quantitative estimate of drug-likeness (QED) is 0.155. The topological polar surface area (TPSA) is 7.65 Å². The molecule has 0 bridgehead atoms. The van der Waals surface area contributed by atoms with Crippen LogP contribution in [0.5, 0.6) is 0 Å². The molecule has 9 aromatic carbocycles. The van der Waals surface area contributed by atoms with Gasteiger partial charge < -0.3 is 9.30 Å². The fourth-order valence-corrected chi connectivity index (χ4v) is 12.2. The summed E-state index contributed by atoms with van der Waals surface area (Å²) in [6.45, 7) is 4.76. The monoisotopic (exact) mass is 834 g/mol. The van der Waals surface area contributed by atoms with E-state index in [1.54, 1.807) is 0 Å². The molecule has 0 spiro atoms. The third-order valence-electron chi connectivity index (χ3n) is 13.7. The van der Waals surface area contributed by atoms with Gasteiger partial charge in [-0.25, -0.2) is 0 Å². The largest absolute Gasteiger partial charge is 0.310 e. The first-order valence-corrected chi connectivity index (χ1v) is 23.0. The van der Waals surface area contributed by atoms with Crippen LogP contribution < -0.4 is 4.90 Å². The third kappa shape index (κ3) is 5.44. The Hall–Kier alpha value is -7.72. The number of benzene rings is 9. The highest BCUT2D eigenvalue weighted by Crippen LogP contribution is 2.55. The number of hydrogen-bond donors (Lipinski definition) is 0. The maximum absolute atomic E-state index is 2.55. The average Bonchev–Trinajstić information content (AvgIpc) is 4.07. The zero-order valence-electron chi connectivity index (χ0n) is 35.6. The molecule has 0 fully saturated rings. The van der Waals surface area contributed by atoms with Gasteiger partial charge in [-0.15, -0.1) is 11.3 Å². The van der Waals surface area contributed by atoms with E-state index in [4.69, 9.17) is 0 Å². The molecule has 2 nitrogen and oxygen atoms in total. The van der Waals surface area contributed by atoms with Crippen LogP contribution in [0.2, 0.25) is 0 Å². The number of nitrogens with zero attached hydrogens (tertiary/aromatic N) is 2. The first-order valence-electron chi connectivity index (χ1n) is 22.2. The maximum atomic E-state index is 2.55. The lowest BCUT2D eigenvalue weighted by Crippen LogP contribution is -2.20. The van der Waals surface area contributed by atoms with Gasteiger partial charge in [0.15, 0.2) is 0 Å². The summed E-state index contributed by atoms with van der Waals surface area (Å²) in [4.78, 5) is 5.09. The molecule has 3 aromatic heterocycles. The van der Waals surface area contributed by atoms with Crippen LogP contribution in [0.15, 0.2) is 218 Å². The van der Waals surface area contributed by atoms with E-state index in [0.717, 1.165) is 11.4 Å². The van der Waals surface area contributed by atoms with Gasteiger partial charge in [0.05, 0.1) is 27.1 Å². The number of anilines is 3. The highest BCUT2D eigenvalue weighted by Gasteiger charge is 2.39. The molecule has 13 rings (SSSR count). The lowest BCUT2D eigenvalue weighted by atomic mass is 9.81. The predicted octanol–water partition coefficient (Wildman–Crippen LogP) is 17.3. The number of thiophene rings is 1. The standard InChI is InChI=1S/C61H42N2S/c1-61(2)52-29-14-12-26-47(52)49-28-17-31-54(56(49)61)62(46-25-16-24-43(36-46)39-18-6-3-7-19-39)45-34-32-40(33-35-45)44-37-50-48-27-13-15-30-53(48)63-57(50)51(38-44)55-58(63)60(42-22-10-5-11-23-42)64-59(55)41-20-8-4-9-21-41/h3-38H,1-2H3.